The molecule has 226 valence electrons. The van der Waals surface area contributed by atoms with Crippen LogP contribution < -0.4 is 14.4 Å². The van der Waals surface area contributed by atoms with Gasteiger partial charge in [-0.2, -0.15) is 0 Å². The Morgan fingerprint density at radius 1 is 0.878 bits per heavy atom. The van der Waals surface area contributed by atoms with Gasteiger partial charge in [0.25, 0.3) is 0 Å². The lowest BCUT2D eigenvalue weighted by Crippen LogP contribution is -2.30. The van der Waals surface area contributed by atoms with Gasteiger partial charge in [0.05, 0.1) is 19.6 Å². The third kappa shape index (κ3) is 12.4. The molecule has 0 unspecified atom stereocenters. The summed E-state index contributed by atoms with van der Waals surface area (Å²) in [5.74, 6) is 2.58. The molecule has 0 fully saturated rings. The van der Waals surface area contributed by atoms with E-state index in [-0.39, 0.29) is 5.91 Å². The molecule has 0 saturated heterocycles. The van der Waals surface area contributed by atoms with Crippen LogP contribution in [0.4, 0.5) is 5.69 Å². The zero-order valence-electron chi connectivity index (χ0n) is 25.7. The molecule has 2 aromatic rings. The highest BCUT2D eigenvalue weighted by Gasteiger charge is 2.14. The molecule has 1 aliphatic rings. The van der Waals surface area contributed by atoms with Crippen LogP contribution in [0.1, 0.15) is 102 Å². The zero-order valence-corrected chi connectivity index (χ0v) is 26.6. The Morgan fingerprint density at radius 2 is 1.59 bits per heavy atom. The van der Waals surface area contributed by atoms with E-state index in [2.05, 4.69) is 41.6 Å². The Bertz CT molecular complexity index is 1060. The molecule has 3 rings (SSSR count). The first-order valence-electron chi connectivity index (χ1n) is 15.8. The molecule has 0 saturated carbocycles. The van der Waals surface area contributed by atoms with Gasteiger partial charge in [0.1, 0.15) is 0 Å². The summed E-state index contributed by atoms with van der Waals surface area (Å²) in [7, 11) is 1.69. The number of carbonyl (C=O) groups is 1. The van der Waals surface area contributed by atoms with Gasteiger partial charge in [-0.1, -0.05) is 95.8 Å². The van der Waals surface area contributed by atoms with Crippen LogP contribution in [-0.4, -0.2) is 36.9 Å². The lowest BCUT2D eigenvalue weighted by molar-refractivity contribution is -0.116. The van der Waals surface area contributed by atoms with Crippen LogP contribution in [0.15, 0.2) is 54.1 Å². The van der Waals surface area contributed by atoms with Crippen LogP contribution in [0.2, 0.25) is 0 Å². The maximum Gasteiger partial charge on any atom is 0.223 e. The van der Waals surface area contributed by atoms with Crippen molar-refractivity contribution >= 4 is 23.4 Å². The number of hydrogen-bond donors (Lipinski definition) is 0. The van der Waals surface area contributed by atoms with Gasteiger partial charge < -0.3 is 19.3 Å². The molecule has 6 heteroatoms. The largest absolute Gasteiger partial charge is 0.493 e. The summed E-state index contributed by atoms with van der Waals surface area (Å²) in [6.45, 7) is 6.09. The van der Waals surface area contributed by atoms with Crippen molar-refractivity contribution in [3.63, 3.8) is 0 Å². The smallest absolute Gasteiger partial charge is 0.223 e. The summed E-state index contributed by atoms with van der Waals surface area (Å²) >= 11 is 1.80. The maximum atomic E-state index is 12.6. The minimum absolute atomic E-state index is 0.0492. The lowest BCUT2D eigenvalue weighted by atomic mass is 10.1. The van der Waals surface area contributed by atoms with Crippen molar-refractivity contribution in [2.45, 2.75) is 104 Å². The standard InChI is InChI=1S/C35H52N2O3S/c1-4-5-6-7-8-9-10-11-12-13-14-15-24-40-34-20-19-31(27-35(34)39-3)21-22-37(30(2)38)33-18-16-17-32(26-33)28-36-23-25-41-29-36/h16-20,23,25-27H,4-15,21-22,24,28-29H2,1-3H3. The van der Waals surface area contributed by atoms with Gasteiger partial charge in [0.15, 0.2) is 11.5 Å². The molecule has 1 amide bonds. The van der Waals surface area contributed by atoms with Gasteiger partial charge >= 0.3 is 0 Å². The number of rotatable bonds is 21. The van der Waals surface area contributed by atoms with E-state index in [1.54, 1.807) is 25.8 Å². The summed E-state index contributed by atoms with van der Waals surface area (Å²) in [4.78, 5) is 16.7. The number of benzene rings is 2. The molecule has 41 heavy (non-hydrogen) atoms. The number of anilines is 1. The van der Waals surface area contributed by atoms with Gasteiger partial charge in [0, 0.05) is 31.9 Å². The van der Waals surface area contributed by atoms with E-state index in [9.17, 15) is 4.79 Å². The van der Waals surface area contributed by atoms with Crippen LogP contribution in [0.3, 0.4) is 0 Å². The quantitative estimate of drug-likeness (QED) is 0.138. The second-order valence-corrected chi connectivity index (χ2v) is 12.0. The minimum Gasteiger partial charge on any atom is -0.493 e. The average Bonchev–Trinajstić information content (AvgIpc) is 3.49. The summed E-state index contributed by atoms with van der Waals surface area (Å²) in [5.41, 5.74) is 3.28. The van der Waals surface area contributed by atoms with Gasteiger partial charge in [-0.25, -0.2) is 0 Å². The monoisotopic (exact) mass is 580 g/mol. The SMILES string of the molecule is CCCCCCCCCCCCCCOc1ccc(CCN(C(C)=O)c2cccc(CN3C=CSC3)c2)cc1OC. The molecule has 0 bridgehead atoms. The normalized spacial score (nSPS) is 12.6. The van der Waals surface area contributed by atoms with E-state index >= 15 is 0 Å². The van der Waals surface area contributed by atoms with Crippen molar-refractivity contribution < 1.29 is 14.3 Å². The second-order valence-electron chi connectivity index (χ2n) is 11.1. The van der Waals surface area contributed by atoms with Crippen LogP contribution in [0, 0.1) is 0 Å². The highest BCUT2D eigenvalue weighted by atomic mass is 32.2. The van der Waals surface area contributed by atoms with E-state index in [1.807, 2.05) is 29.2 Å². The van der Waals surface area contributed by atoms with E-state index in [4.69, 9.17) is 9.47 Å². The Kier molecular flexibility index (Phi) is 15.7. The van der Waals surface area contributed by atoms with Gasteiger partial charge in [-0.05, 0) is 53.6 Å². The van der Waals surface area contributed by atoms with Crippen molar-refractivity contribution in [3.05, 3.63) is 65.2 Å². The van der Waals surface area contributed by atoms with Crippen LogP contribution >= 0.6 is 11.8 Å². The van der Waals surface area contributed by atoms with Crippen molar-refractivity contribution in [3.8, 4) is 11.5 Å². The van der Waals surface area contributed by atoms with Crippen molar-refractivity contribution in [1.29, 1.82) is 0 Å². The Balaban J connectivity index is 1.38. The Morgan fingerprint density at radius 3 is 2.22 bits per heavy atom. The fourth-order valence-electron chi connectivity index (χ4n) is 5.29. The number of unbranched alkanes of at least 4 members (excludes halogenated alkanes) is 11. The third-order valence-corrected chi connectivity index (χ3v) is 8.50. The molecule has 1 aliphatic heterocycles. The Labute approximate surface area is 253 Å². The van der Waals surface area contributed by atoms with E-state index < -0.39 is 0 Å². The molecular weight excluding hydrogens is 528 g/mol. The van der Waals surface area contributed by atoms with Crippen LogP contribution in [-0.2, 0) is 17.8 Å². The zero-order chi connectivity index (χ0) is 29.1. The predicted molar refractivity (Wildman–Crippen MR) is 175 cm³/mol. The van der Waals surface area contributed by atoms with Crippen LogP contribution in [0.25, 0.3) is 0 Å². The molecule has 5 nitrogen and oxygen atoms in total. The number of nitrogens with zero attached hydrogens (tertiary/aromatic N) is 2. The Hall–Kier alpha value is -2.60. The van der Waals surface area contributed by atoms with Gasteiger partial charge in [-0.15, -0.1) is 11.8 Å². The molecular formula is C35H52N2O3S. The summed E-state index contributed by atoms with van der Waals surface area (Å²) in [6, 6.07) is 14.5. The highest BCUT2D eigenvalue weighted by Crippen LogP contribution is 2.29. The van der Waals surface area contributed by atoms with E-state index in [0.29, 0.717) is 13.2 Å². The first kappa shape index (κ1) is 32.9. The number of ether oxygens (including phenoxy) is 2. The molecule has 0 radical (unpaired) electrons. The molecule has 0 aliphatic carbocycles. The molecule has 0 spiro atoms. The number of methoxy groups -OCH3 is 1. The average molecular weight is 581 g/mol. The third-order valence-electron chi connectivity index (χ3n) is 7.70. The van der Waals surface area contributed by atoms with Crippen molar-refractivity contribution in [1.82, 2.24) is 4.90 Å². The summed E-state index contributed by atoms with van der Waals surface area (Å²) < 4.78 is 11.7. The number of carbonyl (C=O) groups excluding carboxylic acids is 1. The molecule has 0 atom stereocenters. The summed E-state index contributed by atoms with van der Waals surface area (Å²) in [6.07, 6.45) is 18.9. The highest BCUT2D eigenvalue weighted by molar-refractivity contribution is 8.02. The molecule has 0 aromatic heterocycles. The van der Waals surface area contributed by atoms with Gasteiger partial charge in [0.2, 0.25) is 5.91 Å². The van der Waals surface area contributed by atoms with Crippen molar-refractivity contribution in [2.24, 2.45) is 0 Å². The molecule has 1 heterocycles. The fourth-order valence-corrected chi connectivity index (χ4v) is 6.00. The van der Waals surface area contributed by atoms with E-state index in [1.165, 1.54) is 76.2 Å². The first-order chi connectivity index (χ1) is 20.1. The minimum atomic E-state index is 0.0492. The lowest BCUT2D eigenvalue weighted by Gasteiger charge is -2.23. The number of amides is 1. The van der Waals surface area contributed by atoms with Crippen molar-refractivity contribution in [2.75, 3.05) is 31.0 Å². The fraction of sp³-hybridized carbons (Fsp3) is 0.571. The molecule has 0 N–H and O–H groups in total. The second kappa shape index (κ2) is 19.5. The predicted octanol–water partition coefficient (Wildman–Crippen LogP) is 9.35. The summed E-state index contributed by atoms with van der Waals surface area (Å²) in [5, 5.41) is 2.12. The topological polar surface area (TPSA) is 42.0 Å². The molecule has 2 aromatic carbocycles. The van der Waals surface area contributed by atoms with Gasteiger partial charge in [-0.3, -0.25) is 4.79 Å². The maximum absolute atomic E-state index is 12.6. The number of thioether (sulfide) groups is 1. The number of hydrogen-bond acceptors (Lipinski definition) is 5. The van der Waals surface area contributed by atoms with Crippen LogP contribution in [0.5, 0.6) is 11.5 Å². The van der Waals surface area contributed by atoms with E-state index in [0.717, 1.165) is 48.0 Å². The first-order valence-corrected chi connectivity index (χ1v) is 16.8.